The maximum absolute atomic E-state index is 12.4. The third-order valence-corrected chi connectivity index (χ3v) is 17.4. The lowest BCUT2D eigenvalue weighted by atomic mass is 10.0. The Kier molecular flexibility index (Phi) is 69.9. The van der Waals surface area contributed by atoms with Gasteiger partial charge in [0.1, 0.15) is 0 Å². The van der Waals surface area contributed by atoms with Crippen molar-refractivity contribution in [2.75, 3.05) is 13.2 Å². The van der Waals surface area contributed by atoms with E-state index in [4.69, 9.17) is 4.74 Å². The monoisotopic (exact) mass is 1150 g/mol. The fourth-order valence-electron chi connectivity index (χ4n) is 11.7. The molecule has 0 aliphatic rings. The number of carbonyl (C=O) groups excluding carboxylic acids is 2. The van der Waals surface area contributed by atoms with Gasteiger partial charge in [0.2, 0.25) is 5.91 Å². The predicted octanol–water partition coefficient (Wildman–Crippen LogP) is 24.3. The molecule has 0 aromatic carbocycles. The third kappa shape index (κ3) is 67.2. The minimum atomic E-state index is -0.837. The van der Waals surface area contributed by atoms with Crippen molar-refractivity contribution in [3.63, 3.8) is 0 Å². The second-order valence-corrected chi connectivity index (χ2v) is 25.6. The van der Waals surface area contributed by atoms with E-state index in [1.807, 2.05) is 6.08 Å². The van der Waals surface area contributed by atoms with Crippen LogP contribution in [0.1, 0.15) is 412 Å². The van der Waals surface area contributed by atoms with Crippen LogP contribution in [0.3, 0.4) is 0 Å². The summed E-state index contributed by atoms with van der Waals surface area (Å²) < 4.78 is 5.51. The van der Waals surface area contributed by atoms with Crippen LogP contribution in [-0.2, 0) is 14.3 Å². The van der Waals surface area contributed by atoms with E-state index in [0.717, 1.165) is 51.4 Å². The number of allylic oxidation sites excluding steroid dienone is 5. The average Bonchev–Trinajstić information content (AvgIpc) is 3.48. The molecule has 0 aliphatic carbocycles. The Hall–Kier alpha value is -1.92. The molecule has 2 unspecified atom stereocenters. The standard InChI is InChI=1S/C76H145NO5/c1-3-5-7-9-11-13-14-15-16-40-44-47-50-54-58-62-66-70-76(81)82-71-67-63-59-55-51-48-45-42-39-37-35-33-31-29-27-25-23-21-19-17-18-20-22-24-26-28-30-32-34-36-38-41-43-46-49-53-57-61-65-69-75(80)77-73(72-78)74(79)68-64-60-56-52-12-10-8-6-4-2/h11,13,15-16,64,68,73-74,78-79H,3-10,12,14,17-63,65-67,69-72H2,1-2H3,(H,77,80)/b13-11-,16-15-,68-64+. The summed E-state index contributed by atoms with van der Waals surface area (Å²) in [6.07, 6.45) is 92.8. The zero-order valence-corrected chi connectivity index (χ0v) is 55.5. The van der Waals surface area contributed by atoms with Gasteiger partial charge < -0.3 is 20.3 Å². The molecule has 0 saturated carbocycles. The van der Waals surface area contributed by atoms with Gasteiger partial charge in [0.15, 0.2) is 0 Å². The van der Waals surface area contributed by atoms with Crippen LogP contribution >= 0.6 is 0 Å². The molecule has 3 N–H and O–H groups in total. The number of nitrogens with one attached hydrogen (secondary N) is 1. The van der Waals surface area contributed by atoms with E-state index in [1.165, 1.54) is 334 Å². The number of rotatable bonds is 70. The Bertz CT molecular complexity index is 1330. The molecule has 0 aromatic rings. The first-order chi connectivity index (χ1) is 40.5. The number of hydrogen-bond acceptors (Lipinski definition) is 5. The molecule has 1 amide bonds. The number of carbonyl (C=O) groups is 2. The van der Waals surface area contributed by atoms with Crippen molar-refractivity contribution < 1.29 is 24.5 Å². The van der Waals surface area contributed by atoms with Gasteiger partial charge in [-0.1, -0.05) is 371 Å². The van der Waals surface area contributed by atoms with Crippen LogP contribution < -0.4 is 5.32 Å². The fourth-order valence-corrected chi connectivity index (χ4v) is 11.7. The van der Waals surface area contributed by atoms with E-state index < -0.39 is 12.1 Å². The molecule has 0 radical (unpaired) electrons. The van der Waals surface area contributed by atoms with E-state index >= 15 is 0 Å². The van der Waals surface area contributed by atoms with Crippen molar-refractivity contribution in [2.24, 2.45) is 0 Å². The highest BCUT2D eigenvalue weighted by Gasteiger charge is 2.18. The first-order valence-electron chi connectivity index (χ1n) is 37.3. The zero-order chi connectivity index (χ0) is 59.2. The minimum Gasteiger partial charge on any atom is -0.466 e. The number of hydrogen-bond donors (Lipinski definition) is 3. The van der Waals surface area contributed by atoms with Crippen LogP contribution in [-0.4, -0.2) is 47.4 Å². The molecule has 0 heterocycles. The lowest BCUT2D eigenvalue weighted by Crippen LogP contribution is -2.45. The van der Waals surface area contributed by atoms with Gasteiger partial charge in [-0.3, -0.25) is 9.59 Å². The average molecular weight is 1150 g/mol. The molecule has 6 heteroatoms. The summed E-state index contributed by atoms with van der Waals surface area (Å²) in [6.45, 7) is 4.88. The van der Waals surface area contributed by atoms with Gasteiger partial charge in [0.25, 0.3) is 0 Å². The first kappa shape index (κ1) is 80.1. The molecule has 2 atom stereocenters. The Balaban J connectivity index is 3.27. The van der Waals surface area contributed by atoms with Crippen molar-refractivity contribution in [1.29, 1.82) is 0 Å². The number of ether oxygens (including phenoxy) is 1. The van der Waals surface area contributed by atoms with Gasteiger partial charge >= 0.3 is 5.97 Å². The van der Waals surface area contributed by atoms with E-state index in [1.54, 1.807) is 6.08 Å². The van der Waals surface area contributed by atoms with Gasteiger partial charge in [-0.15, -0.1) is 0 Å². The lowest BCUT2D eigenvalue weighted by molar-refractivity contribution is -0.143. The van der Waals surface area contributed by atoms with Gasteiger partial charge in [0.05, 0.1) is 25.4 Å². The van der Waals surface area contributed by atoms with Gasteiger partial charge in [-0.05, 0) is 64.2 Å². The van der Waals surface area contributed by atoms with Crippen molar-refractivity contribution in [1.82, 2.24) is 5.32 Å². The van der Waals surface area contributed by atoms with Crippen LogP contribution in [0.4, 0.5) is 0 Å². The second kappa shape index (κ2) is 71.6. The van der Waals surface area contributed by atoms with Crippen molar-refractivity contribution >= 4 is 11.9 Å². The topological polar surface area (TPSA) is 95.9 Å². The van der Waals surface area contributed by atoms with Crippen LogP contribution in [0.25, 0.3) is 0 Å². The zero-order valence-electron chi connectivity index (χ0n) is 55.5. The van der Waals surface area contributed by atoms with E-state index in [-0.39, 0.29) is 18.5 Å². The summed E-state index contributed by atoms with van der Waals surface area (Å²) in [5, 5.41) is 23.0. The molecule has 0 aromatic heterocycles. The summed E-state index contributed by atoms with van der Waals surface area (Å²) in [7, 11) is 0. The molecule has 0 rings (SSSR count). The van der Waals surface area contributed by atoms with Gasteiger partial charge in [0, 0.05) is 12.8 Å². The van der Waals surface area contributed by atoms with Crippen LogP contribution in [0, 0.1) is 0 Å². The SMILES string of the molecule is CCCCC/C=C\C/C=C\CCCCCCCCCC(=O)OCCCCCCCCCCCCCCCCCCCCCCCCCCCCCCCCCCCCCCCCCC(=O)NC(CO)C(O)/C=C/CCCCCCCCC. The van der Waals surface area contributed by atoms with Crippen LogP contribution in [0.2, 0.25) is 0 Å². The molecule has 0 saturated heterocycles. The summed E-state index contributed by atoms with van der Waals surface area (Å²) in [6, 6.07) is -0.621. The molecular weight excluding hydrogens is 1010 g/mol. The van der Waals surface area contributed by atoms with Crippen LogP contribution in [0.5, 0.6) is 0 Å². The van der Waals surface area contributed by atoms with E-state index in [2.05, 4.69) is 43.5 Å². The first-order valence-corrected chi connectivity index (χ1v) is 37.3. The highest BCUT2D eigenvalue weighted by Crippen LogP contribution is 2.19. The molecule has 484 valence electrons. The number of aliphatic hydroxyl groups is 2. The maximum atomic E-state index is 12.4. The summed E-state index contributed by atoms with van der Waals surface area (Å²) in [5.74, 6) is -0.0467. The molecule has 0 bridgehead atoms. The van der Waals surface area contributed by atoms with E-state index in [9.17, 15) is 19.8 Å². The minimum absolute atomic E-state index is 0.0164. The Morgan fingerprint density at radius 3 is 0.951 bits per heavy atom. The van der Waals surface area contributed by atoms with Crippen LogP contribution in [0.15, 0.2) is 36.5 Å². The normalized spacial score (nSPS) is 12.7. The van der Waals surface area contributed by atoms with E-state index in [0.29, 0.717) is 19.4 Å². The Morgan fingerprint density at radius 2 is 0.610 bits per heavy atom. The Labute approximate surface area is 513 Å². The number of aliphatic hydroxyl groups excluding tert-OH is 2. The van der Waals surface area contributed by atoms with Crippen molar-refractivity contribution in [2.45, 2.75) is 424 Å². The largest absolute Gasteiger partial charge is 0.466 e. The number of unbranched alkanes of at least 4 members (excludes halogenated alkanes) is 55. The quantitative estimate of drug-likeness (QED) is 0.0320. The molecule has 0 fully saturated rings. The third-order valence-electron chi connectivity index (χ3n) is 17.4. The summed E-state index contributed by atoms with van der Waals surface area (Å²) in [4.78, 5) is 24.5. The second-order valence-electron chi connectivity index (χ2n) is 25.6. The highest BCUT2D eigenvalue weighted by atomic mass is 16.5. The maximum Gasteiger partial charge on any atom is 0.305 e. The summed E-state index contributed by atoms with van der Waals surface area (Å²) in [5.41, 5.74) is 0. The number of esters is 1. The smallest absolute Gasteiger partial charge is 0.305 e. The molecule has 82 heavy (non-hydrogen) atoms. The number of amides is 1. The molecular formula is C76H145NO5. The van der Waals surface area contributed by atoms with Crippen molar-refractivity contribution in [3.05, 3.63) is 36.5 Å². The lowest BCUT2D eigenvalue weighted by Gasteiger charge is -2.20. The van der Waals surface area contributed by atoms with Gasteiger partial charge in [-0.25, -0.2) is 0 Å². The molecule has 6 nitrogen and oxygen atoms in total. The fraction of sp³-hybridized carbons (Fsp3) is 0.895. The Morgan fingerprint density at radius 1 is 0.341 bits per heavy atom. The highest BCUT2D eigenvalue weighted by molar-refractivity contribution is 5.76. The molecule has 0 aliphatic heterocycles. The predicted molar refractivity (Wildman–Crippen MR) is 361 cm³/mol. The van der Waals surface area contributed by atoms with Gasteiger partial charge in [-0.2, -0.15) is 0 Å². The van der Waals surface area contributed by atoms with Crippen molar-refractivity contribution in [3.8, 4) is 0 Å². The molecule has 0 spiro atoms. The summed E-state index contributed by atoms with van der Waals surface area (Å²) >= 11 is 0.